The second-order valence-electron chi connectivity index (χ2n) is 6.10. The molecular weight excluding hydrogens is 322 g/mol. The molecule has 2 rings (SSSR count). The van der Waals surface area contributed by atoms with Crippen LogP contribution in [-0.4, -0.2) is 59.0 Å². The van der Waals surface area contributed by atoms with E-state index in [2.05, 4.69) is 5.32 Å². The summed E-state index contributed by atoms with van der Waals surface area (Å²) in [6, 6.07) is 6.91. The van der Waals surface area contributed by atoms with Gasteiger partial charge in [0.25, 0.3) is 5.91 Å². The van der Waals surface area contributed by atoms with Gasteiger partial charge >= 0.3 is 12.0 Å². The first kappa shape index (κ1) is 18.8. The number of nitrogens with one attached hydrogen (secondary N) is 1. The zero-order chi connectivity index (χ0) is 18.4. The molecule has 2 N–H and O–H groups in total. The van der Waals surface area contributed by atoms with Crippen LogP contribution < -0.4 is 5.32 Å². The van der Waals surface area contributed by atoms with Crippen LogP contribution >= 0.6 is 0 Å². The lowest BCUT2D eigenvalue weighted by molar-refractivity contribution is -0.141. The minimum Gasteiger partial charge on any atom is -0.481 e. The number of benzene rings is 1. The van der Waals surface area contributed by atoms with Gasteiger partial charge < -0.3 is 20.2 Å². The average molecular weight is 347 g/mol. The van der Waals surface area contributed by atoms with E-state index in [0.717, 1.165) is 5.56 Å². The van der Waals surface area contributed by atoms with Crippen LogP contribution in [0.1, 0.15) is 36.2 Å². The molecule has 1 unspecified atom stereocenters. The van der Waals surface area contributed by atoms with Gasteiger partial charge in [-0.2, -0.15) is 0 Å². The highest BCUT2D eigenvalue weighted by Crippen LogP contribution is 2.16. The van der Waals surface area contributed by atoms with Crippen molar-refractivity contribution >= 4 is 17.9 Å². The van der Waals surface area contributed by atoms with Crippen molar-refractivity contribution in [2.75, 3.05) is 26.2 Å². The molecule has 0 bridgehead atoms. The summed E-state index contributed by atoms with van der Waals surface area (Å²) in [4.78, 5) is 38.6. The van der Waals surface area contributed by atoms with Crippen molar-refractivity contribution in [3.8, 4) is 0 Å². The number of carboxylic acid groups (broad SMARTS) is 1. The second kappa shape index (κ2) is 8.50. The summed E-state index contributed by atoms with van der Waals surface area (Å²) in [5.74, 6) is -1.34. The lowest BCUT2D eigenvalue weighted by Gasteiger charge is -2.19. The molecular formula is C18H25N3O4. The summed E-state index contributed by atoms with van der Waals surface area (Å²) in [5, 5.41) is 11.8. The molecule has 1 heterocycles. The van der Waals surface area contributed by atoms with Gasteiger partial charge in [-0.25, -0.2) is 4.79 Å². The van der Waals surface area contributed by atoms with Crippen molar-refractivity contribution in [2.24, 2.45) is 5.92 Å². The Morgan fingerprint density at radius 1 is 1.20 bits per heavy atom. The number of carboxylic acids is 1. The molecule has 1 atom stereocenters. The largest absolute Gasteiger partial charge is 0.481 e. The number of aliphatic carboxylic acids is 1. The topological polar surface area (TPSA) is 90.0 Å². The molecule has 1 aromatic carbocycles. The fourth-order valence-electron chi connectivity index (χ4n) is 2.89. The minimum atomic E-state index is -0.858. The molecule has 1 aromatic rings. The van der Waals surface area contributed by atoms with Crippen molar-refractivity contribution in [1.82, 2.24) is 15.1 Å². The average Bonchev–Trinajstić information content (AvgIpc) is 3.11. The molecule has 3 amide bonds. The lowest BCUT2D eigenvalue weighted by atomic mass is 10.1. The number of likely N-dealkylation sites (tertiary alicyclic amines) is 1. The van der Waals surface area contributed by atoms with E-state index in [-0.39, 0.29) is 18.5 Å². The highest BCUT2D eigenvalue weighted by molar-refractivity contribution is 5.94. The predicted octanol–water partition coefficient (Wildman–Crippen LogP) is 1.78. The predicted molar refractivity (Wildman–Crippen MR) is 93.2 cm³/mol. The van der Waals surface area contributed by atoms with E-state index in [9.17, 15) is 14.4 Å². The van der Waals surface area contributed by atoms with Gasteiger partial charge in [0, 0.05) is 38.3 Å². The van der Waals surface area contributed by atoms with E-state index in [4.69, 9.17) is 5.11 Å². The number of nitrogens with zero attached hydrogens (tertiary/aromatic N) is 2. The summed E-state index contributed by atoms with van der Waals surface area (Å²) in [6.07, 6.45) is 0.491. The molecule has 136 valence electrons. The standard InChI is InChI=1S/C18H25N3O4/c1-3-20(4-2)16(22)14-7-5-13(6-8-14)11-19-18(25)21-10-9-15(12-21)17(23)24/h5-8,15H,3-4,9-12H2,1-2H3,(H,19,25)(H,23,24). The smallest absolute Gasteiger partial charge is 0.317 e. The van der Waals surface area contributed by atoms with Gasteiger partial charge in [0.15, 0.2) is 0 Å². The van der Waals surface area contributed by atoms with Gasteiger partial charge in [-0.05, 0) is 38.0 Å². The number of hydrogen-bond acceptors (Lipinski definition) is 3. The van der Waals surface area contributed by atoms with E-state index in [1.165, 1.54) is 4.90 Å². The van der Waals surface area contributed by atoms with Crippen LogP contribution in [0.25, 0.3) is 0 Å². The first-order valence-electron chi connectivity index (χ1n) is 8.60. The Hall–Kier alpha value is -2.57. The first-order valence-corrected chi connectivity index (χ1v) is 8.60. The van der Waals surface area contributed by atoms with Crippen LogP contribution in [0.5, 0.6) is 0 Å². The van der Waals surface area contributed by atoms with E-state index in [0.29, 0.717) is 38.2 Å². The lowest BCUT2D eigenvalue weighted by Crippen LogP contribution is -2.38. The van der Waals surface area contributed by atoms with Crippen molar-refractivity contribution in [3.63, 3.8) is 0 Å². The zero-order valence-corrected chi connectivity index (χ0v) is 14.7. The van der Waals surface area contributed by atoms with Gasteiger partial charge in [-0.15, -0.1) is 0 Å². The SMILES string of the molecule is CCN(CC)C(=O)c1ccc(CNC(=O)N2CCC(C(=O)O)C2)cc1. The van der Waals surface area contributed by atoms with Crippen molar-refractivity contribution in [2.45, 2.75) is 26.8 Å². The first-order chi connectivity index (χ1) is 12.0. The maximum Gasteiger partial charge on any atom is 0.317 e. The third-order valence-electron chi connectivity index (χ3n) is 4.52. The van der Waals surface area contributed by atoms with Crippen LogP contribution in [0, 0.1) is 5.92 Å². The number of carbonyl (C=O) groups excluding carboxylic acids is 2. The van der Waals surface area contributed by atoms with E-state index in [1.807, 2.05) is 26.0 Å². The summed E-state index contributed by atoms with van der Waals surface area (Å²) in [6.45, 7) is 6.27. The molecule has 1 aliphatic rings. The summed E-state index contributed by atoms with van der Waals surface area (Å²) < 4.78 is 0. The van der Waals surface area contributed by atoms with Gasteiger partial charge in [-0.1, -0.05) is 12.1 Å². The highest BCUT2D eigenvalue weighted by Gasteiger charge is 2.30. The van der Waals surface area contributed by atoms with Crippen molar-refractivity contribution in [1.29, 1.82) is 0 Å². The molecule has 7 heteroatoms. The third kappa shape index (κ3) is 4.71. The van der Waals surface area contributed by atoms with E-state index < -0.39 is 11.9 Å². The zero-order valence-electron chi connectivity index (χ0n) is 14.7. The maximum atomic E-state index is 12.2. The Morgan fingerprint density at radius 3 is 2.36 bits per heavy atom. The molecule has 0 aromatic heterocycles. The van der Waals surface area contributed by atoms with Crippen molar-refractivity contribution < 1.29 is 19.5 Å². The Labute approximate surface area is 147 Å². The van der Waals surface area contributed by atoms with Crippen LogP contribution in [0.4, 0.5) is 4.79 Å². The van der Waals surface area contributed by atoms with Crippen LogP contribution in [0.3, 0.4) is 0 Å². The molecule has 0 aliphatic carbocycles. The number of amides is 3. The second-order valence-corrected chi connectivity index (χ2v) is 6.10. The van der Waals surface area contributed by atoms with Crippen LogP contribution in [0.2, 0.25) is 0 Å². The third-order valence-corrected chi connectivity index (χ3v) is 4.52. The molecule has 7 nitrogen and oxygen atoms in total. The molecule has 0 spiro atoms. The summed E-state index contributed by atoms with van der Waals surface area (Å²) in [5.41, 5.74) is 1.51. The van der Waals surface area contributed by atoms with Crippen LogP contribution in [-0.2, 0) is 11.3 Å². The maximum absolute atomic E-state index is 12.2. The van der Waals surface area contributed by atoms with Gasteiger partial charge in [-0.3, -0.25) is 9.59 Å². The van der Waals surface area contributed by atoms with Gasteiger partial charge in [0.1, 0.15) is 0 Å². The molecule has 25 heavy (non-hydrogen) atoms. The van der Waals surface area contributed by atoms with Gasteiger partial charge in [0.2, 0.25) is 0 Å². The Morgan fingerprint density at radius 2 is 1.84 bits per heavy atom. The van der Waals surface area contributed by atoms with Crippen LogP contribution in [0.15, 0.2) is 24.3 Å². The molecule has 0 radical (unpaired) electrons. The van der Waals surface area contributed by atoms with E-state index >= 15 is 0 Å². The molecule has 1 aliphatic heterocycles. The number of hydrogen-bond donors (Lipinski definition) is 2. The molecule has 1 saturated heterocycles. The fraction of sp³-hybridized carbons (Fsp3) is 0.500. The molecule has 1 fully saturated rings. The Kier molecular flexibility index (Phi) is 6.38. The quantitative estimate of drug-likeness (QED) is 0.821. The number of rotatable bonds is 6. The number of carbonyl (C=O) groups is 3. The summed E-state index contributed by atoms with van der Waals surface area (Å²) in [7, 11) is 0. The fourth-order valence-corrected chi connectivity index (χ4v) is 2.89. The van der Waals surface area contributed by atoms with Gasteiger partial charge in [0.05, 0.1) is 5.92 Å². The summed E-state index contributed by atoms with van der Waals surface area (Å²) >= 11 is 0. The normalized spacial score (nSPS) is 16.6. The minimum absolute atomic E-state index is 0.00244. The van der Waals surface area contributed by atoms with Crippen molar-refractivity contribution in [3.05, 3.63) is 35.4 Å². The monoisotopic (exact) mass is 347 g/mol. The molecule has 0 saturated carbocycles. The number of urea groups is 1. The highest BCUT2D eigenvalue weighted by atomic mass is 16.4. The van der Waals surface area contributed by atoms with E-state index in [1.54, 1.807) is 17.0 Å². The Bertz CT molecular complexity index is 626. The Balaban J connectivity index is 1.86.